The van der Waals surface area contributed by atoms with Gasteiger partial charge >= 0.3 is 0 Å². The summed E-state index contributed by atoms with van der Waals surface area (Å²) >= 11 is 0. The van der Waals surface area contributed by atoms with Gasteiger partial charge in [0.2, 0.25) is 0 Å². The van der Waals surface area contributed by atoms with Gasteiger partial charge in [0.1, 0.15) is 17.2 Å². The molecule has 1 N–H and O–H groups in total. The monoisotopic (exact) mass is 350 g/mol. The molecule has 0 radical (unpaired) electrons. The average molecular weight is 350 g/mol. The topological polar surface area (TPSA) is 54.8 Å². The van der Waals surface area contributed by atoms with E-state index in [9.17, 15) is 5.11 Å². The molecule has 1 aliphatic heterocycles. The van der Waals surface area contributed by atoms with E-state index < -0.39 is 0 Å². The summed E-state index contributed by atoms with van der Waals surface area (Å²) in [5.41, 5.74) is 3.33. The second kappa shape index (κ2) is 6.75. The maximum Gasteiger partial charge on any atom is 0.128 e. The molecule has 0 spiro atoms. The van der Waals surface area contributed by atoms with Crippen LogP contribution < -0.4 is 14.4 Å². The van der Waals surface area contributed by atoms with Crippen LogP contribution in [0.4, 0.5) is 5.69 Å². The molecule has 5 nitrogen and oxygen atoms in total. The molecule has 1 saturated heterocycles. The van der Waals surface area contributed by atoms with E-state index in [1.807, 2.05) is 30.3 Å². The number of hydrogen-bond donors (Lipinski definition) is 1. The molecule has 2 aromatic carbocycles. The number of aromatic nitrogens is 1. The van der Waals surface area contributed by atoms with Crippen molar-refractivity contribution in [2.45, 2.75) is 12.8 Å². The highest BCUT2D eigenvalue weighted by atomic mass is 16.5. The number of methoxy groups -OCH3 is 2. The second-order valence-corrected chi connectivity index (χ2v) is 6.49. The van der Waals surface area contributed by atoms with E-state index in [1.54, 1.807) is 20.3 Å². The molecule has 0 atom stereocenters. The van der Waals surface area contributed by atoms with Gasteiger partial charge in [0.15, 0.2) is 0 Å². The maximum absolute atomic E-state index is 10.6. The lowest BCUT2D eigenvalue weighted by Crippen LogP contribution is -2.17. The number of anilines is 1. The molecule has 5 heteroatoms. The lowest BCUT2D eigenvalue weighted by molar-refractivity contribution is 0.404. The lowest BCUT2D eigenvalue weighted by Gasteiger charge is -2.18. The molecule has 0 unspecified atom stereocenters. The minimum absolute atomic E-state index is 0.218. The Labute approximate surface area is 152 Å². The van der Waals surface area contributed by atoms with E-state index in [1.165, 1.54) is 12.8 Å². The molecule has 2 heterocycles. The van der Waals surface area contributed by atoms with E-state index in [0.29, 0.717) is 17.2 Å². The molecule has 1 aliphatic rings. The van der Waals surface area contributed by atoms with Crippen molar-refractivity contribution >= 4 is 16.6 Å². The first kappa shape index (κ1) is 16.5. The summed E-state index contributed by atoms with van der Waals surface area (Å²) in [6.07, 6.45) is 2.44. The Hall–Kier alpha value is -2.95. The average Bonchev–Trinajstić information content (AvgIpc) is 3.22. The molecule has 0 amide bonds. The number of aromatic hydroxyl groups is 1. The first-order valence-corrected chi connectivity index (χ1v) is 8.81. The first-order valence-electron chi connectivity index (χ1n) is 8.81. The molecule has 1 fully saturated rings. The normalized spacial score (nSPS) is 14.0. The van der Waals surface area contributed by atoms with E-state index in [4.69, 9.17) is 14.5 Å². The Morgan fingerprint density at radius 2 is 1.77 bits per heavy atom. The summed E-state index contributed by atoms with van der Waals surface area (Å²) in [5, 5.41) is 11.4. The van der Waals surface area contributed by atoms with Gasteiger partial charge in [-0.1, -0.05) is 0 Å². The van der Waals surface area contributed by atoms with Crippen molar-refractivity contribution in [3.05, 3.63) is 42.5 Å². The van der Waals surface area contributed by atoms with Crippen LogP contribution in [0.1, 0.15) is 12.8 Å². The van der Waals surface area contributed by atoms with Crippen LogP contribution >= 0.6 is 0 Å². The second-order valence-electron chi connectivity index (χ2n) is 6.49. The summed E-state index contributed by atoms with van der Waals surface area (Å²) < 4.78 is 10.8. The predicted molar refractivity (Wildman–Crippen MR) is 103 cm³/mol. The van der Waals surface area contributed by atoms with E-state index >= 15 is 0 Å². The quantitative estimate of drug-likeness (QED) is 0.763. The van der Waals surface area contributed by atoms with Gasteiger partial charge in [-0.25, -0.2) is 4.98 Å². The summed E-state index contributed by atoms with van der Waals surface area (Å²) in [6, 6.07) is 13.3. The number of ether oxygens (including phenoxy) is 2. The van der Waals surface area contributed by atoms with Crippen LogP contribution in [0.5, 0.6) is 17.2 Å². The molecular weight excluding hydrogens is 328 g/mol. The van der Waals surface area contributed by atoms with Gasteiger partial charge in [0.05, 0.1) is 25.4 Å². The number of benzene rings is 2. The third-order valence-electron chi connectivity index (χ3n) is 4.92. The van der Waals surface area contributed by atoms with E-state index in [2.05, 4.69) is 11.0 Å². The van der Waals surface area contributed by atoms with E-state index in [0.717, 1.165) is 35.2 Å². The molecule has 134 valence electrons. The van der Waals surface area contributed by atoms with Crippen LogP contribution in [0, 0.1) is 0 Å². The van der Waals surface area contributed by atoms with Gasteiger partial charge in [0.25, 0.3) is 0 Å². The molecule has 0 aliphatic carbocycles. The van der Waals surface area contributed by atoms with Crippen molar-refractivity contribution < 1.29 is 14.6 Å². The predicted octanol–water partition coefficient (Wildman–Crippen LogP) is 4.22. The first-order chi connectivity index (χ1) is 12.7. The zero-order valence-electron chi connectivity index (χ0n) is 15.0. The number of pyridine rings is 1. The smallest absolute Gasteiger partial charge is 0.128 e. The molecular formula is C21H22N2O3. The Bertz CT molecular complexity index is 949. The van der Waals surface area contributed by atoms with Crippen molar-refractivity contribution in [3.8, 4) is 28.5 Å². The minimum Gasteiger partial charge on any atom is -0.507 e. The van der Waals surface area contributed by atoms with Crippen molar-refractivity contribution in [2.24, 2.45) is 0 Å². The van der Waals surface area contributed by atoms with Crippen LogP contribution in [-0.2, 0) is 0 Å². The summed E-state index contributed by atoms with van der Waals surface area (Å²) in [6.45, 7) is 2.14. The zero-order chi connectivity index (χ0) is 18.1. The number of hydrogen-bond acceptors (Lipinski definition) is 5. The Kier molecular flexibility index (Phi) is 4.29. The highest BCUT2D eigenvalue weighted by molar-refractivity contribution is 5.91. The maximum atomic E-state index is 10.6. The summed E-state index contributed by atoms with van der Waals surface area (Å²) in [7, 11) is 3.24. The molecule has 0 saturated carbocycles. The molecule has 0 bridgehead atoms. The van der Waals surface area contributed by atoms with Crippen LogP contribution in [0.15, 0.2) is 42.5 Å². The van der Waals surface area contributed by atoms with Crippen molar-refractivity contribution in [1.29, 1.82) is 0 Å². The third kappa shape index (κ3) is 2.90. The van der Waals surface area contributed by atoms with Gasteiger partial charge in [-0.05, 0) is 49.2 Å². The number of rotatable bonds is 4. The molecule has 3 aromatic rings. The zero-order valence-corrected chi connectivity index (χ0v) is 15.0. The number of nitrogens with zero attached hydrogens (tertiary/aromatic N) is 2. The Balaban J connectivity index is 1.81. The van der Waals surface area contributed by atoms with E-state index in [-0.39, 0.29) is 5.75 Å². The fraction of sp³-hybridized carbons (Fsp3) is 0.286. The molecule has 26 heavy (non-hydrogen) atoms. The van der Waals surface area contributed by atoms with Crippen LogP contribution in [-0.4, -0.2) is 37.4 Å². The van der Waals surface area contributed by atoms with Crippen LogP contribution in [0.2, 0.25) is 0 Å². The van der Waals surface area contributed by atoms with Crippen LogP contribution in [0.25, 0.3) is 22.2 Å². The SMILES string of the molecule is COc1ccc(OC)c(-c2cc(O)c3cc(N4CCCC4)ccc3n2)c1. The van der Waals surface area contributed by atoms with Crippen molar-refractivity contribution in [3.63, 3.8) is 0 Å². The minimum atomic E-state index is 0.218. The summed E-state index contributed by atoms with van der Waals surface area (Å²) in [4.78, 5) is 7.09. The van der Waals surface area contributed by atoms with Crippen LogP contribution in [0.3, 0.4) is 0 Å². The Morgan fingerprint density at radius 1 is 0.962 bits per heavy atom. The highest BCUT2D eigenvalue weighted by Gasteiger charge is 2.16. The number of fused-ring (bicyclic) bond motifs is 1. The Morgan fingerprint density at radius 3 is 2.50 bits per heavy atom. The standard InChI is InChI=1S/C21H22N2O3/c1-25-15-6-8-21(26-2)17(12-15)19-13-20(24)16-11-14(5-7-18(16)22-19)23-9-3-4-10-23/h5-8,11-13H,3-4,9-10H2,1-2H3,(H,22,24). The third-order valence-corrected chi connectivity index (χ3v) is 4.92. The van der Waals surface area contributed by atoms with Crippen molar-refractivity contribution in [2.75, 3.05) is 32.2 Å². The van der Waals surface area contributed by atoms with Gasteiger partial charge < -0.3 is 19.5 Å². The summed E-state index contributed by atoms with van der Waals surface area (Å²) in [5.74, 6) is 1.62. The van der Waals surface area contributed by atoms with Crippen molar-refractivity contribution in [1.82, 2.24) is 4.98 Å². The highest BCUT2D eigenvalue weighted by Crippen LogP contribution is 2.37. The van der Waals surface area contributed by atoms with Gasteiger partial charge in [-0.3, -0.25) is 0 Å². The fourth-order valence-electron chi connectivity index (χ4n) is 3.52. The molecule has 4 rings (SSSR count). The van der Waals surface area contributed by atoms with Gasteiger partial charge in [0, 0.05) is 35.8 Å². The largest absolute Gasteiger partial charge is 0.507 e. The molecule has 1 aromatic heterocycles. The van der Waals surface area contributed by atoms with Gasteiger partial charge in [-0.15, -0.1) is 0 Å². The lowest BCUT2D eigenvalue weighted by atomic mass is 10.1. The fourth-order valence-corrected chi connectivity index (χ4v) is 3.52. The van der Waals surface area contributed by atoms with Gasteiger partial charge in [-0.2, -0.15) is 0 Å².